The summed E-state index contributed by atoms with van der Waals surface area (Å²) in [5.41, 5.74) is 2.06. The van der Waals surface area contributed by atoms with Gasteiger partial charge in [-0.2, -0.15) is 0 Å². The number of nitrogens with zero attached hydrogens (tertiary/aromatic N) is 4. The summed E-state index contributed by atoms with van der Waals surface area (Å²) in [5.74, 6) is 0.0371. The first-order valence-electron chi connectivity index (χ1n) is 6.01. The quantitative estimate of drug-likeness (QED) is 0.783. The maximum Gasteiger partial charge on any atom is 0.277 e. The van der Waals surface area contributed by atoms with Crippen LogP contribution in [0.5, 0.6) is 0 Å². The van der Waals surface area contributed by atoms with Crippen molar-refractivity contribution in [2.45, 2.75) is 0 Å². The van der Waals surface area contributed by atoms with E-state index in [4.69, 9.17) is 0 Å². The number of nitrogens with one attached hydrogen (secondary N) is 1. The average molecular weight is 271 g/mol. The predicted octanol–water partition coefficient (Wildman–Crippen LogP) is 1.64. The zero-order chi connectivity index (χ0) is 14.1. The molecule has 0 spiro atoms. The summed E-state index contributed by atoms with van der Waals surface area (Å²) in [6.45, 7) is 0. The van der Waals surface area contributed by atoms with Gasteiger partial charge in [-0.3, -0.25) is 4.79 Å². The van der Waals surface area contributed by atoms with Gasteiger partial charge >= 0.3 is 0 Å². The lowest BCUT2D eigenvalue weighted by Gasteiger charge is -2.11. The van der Waals surface area contributed by atoms with E-state index in [2.05, 4.69) is 20.0 Å². The van der Waals surface area contributed by atoms with Crippen molar-refractivity contribution in [2.75, 3.05) is 24.3 Å². The van der Waals surface area contributed by atoms with Gasteiger partial charge < -0.3 is 19.1 Å². The summed E-state index contributed by atoms with van der Waals surface area (Å²) in [7, 11) is 3.91. The van der Waals surface area contributed by atoms with Crippen molar-refractivity contribution in [3.8, 4) is 0 Å². The van der Waals surface area contributed by atoms with Crippen molar-refractivity contribution >= 4 is 23.1 Å². The first-order valence-corrected chi connectivity index (χ1v) is 6.01. The van der Waals surface area contributed by atoms with Gasteiger partial charge in [0, 0.05) is 32.6 Å². The molecule has 1 N–H and O–H groups in total. The van der Waals surface area contributed by atoms with E-state index in [1.165, 1.54) is 6.26 Å². The number of imidazole rings is 1. The number of hydrogen-bond donors (Lipinski definition) is 1. The zero-order valence-electron chi connectivity index (χ0n) is 11.1. The fourth-order valence-electron chi connectivity index (χ4n) is 1.81. The second-order valence-corrected chi connectivity index (χ2v) is 4.51. The third-order valence-corrected chi connectivity index (χ3v) is 2.86. The van der Waals surface area contributed by atoms with E-state index >= 15 is 0 Å². The highest BCUT2D eigenvalue weighted by molar-refractivity contribution is 6.02. The highest BCUT2D eigenvalue weighted by atomic mass is 16.5. The van der Waals surface area contributed by atoms with E-state index in [-0.39, 0.29) is 5.91 Å². The minimum atomic E-state index is -0.325. The summed E-state index contributed by atoms with van der Waals surface area (Å²) < 4.78 is 6.47. The molecule has 0 aromatic carbocycles. The van der Waals surface area contributed by atoms with Gasteiger partial charge in [0.05, 0.1) is 5.69 Å². The highest BCUT2D eigenvalue weighted by Crippen LogP contribution is 2.14. The molecule has 1 amide bonds. The molecule has 0 radical (unpaired) electrons. The van der Waals surface area contributed by atoms with E-state index in [1.54, 1.807) is 12.3 Å². The lowest BCUT2D eigenvalue weighted by Crippen LogP contribution is -2.12. The number of hydrogen-bond acceptors (Lipinski definition) is 5. The molecule has 0 atom stereocenters. The molecule has 3 aromatic heterocycles. The minimum absolute atomic E-state index is 0.323. The molecule has 7 nitrogen and oxygen atoms in total. The molecule has 3 heterocycles. The molecule has 0 aliphatic carbocycles. The Morgan fingerprint density at radius 3 is 2.85 bits per heavy atom. The first-order chi connectivity index (χ1) is 9.63. The van der Waals surface area contributed by atoms with Crippen LogP contribution < -0.4 is 10.2 Å². The Hall–Kier alpha value is -2.83. The van der Waals surface area contributed by atoms with Crippen LogP contribution in [-0.4, -0.2) is 34.5 Å². The number of amides is 1. The van der Waals surface area contributed by atoms with Gasteiger partial charge in [0.2, 0.25) is 0 Å². The van der Waals surface area contributed by atoms with Crippen molar-refractivity contribution in [3.63, 3.8) is 0 Å². The van der Waals surface area contributed by atoms with Crippen LogP contribution in [0.3, 0.4) is 0 Å². The standard InChI is InChI=1S/C13H13N5O2/c1-17(2)9-3-4-12-14-10(8-18(12)7-9)13(19)15-11-5-6-20-16-11/h3-8H,1-2H3,(H,15,16,19). The van der Waals surface area contributed by atoms with E-state index in [1.807, 2.05) is 41.7 Å². The van der Waals surface area contributed by atoms with Crippen LogP contribution in [0, 0.1) is 0 Å². The van der Waals surface area contributed by atoms with Crippen molar-refractivity contribution in [1.29, 1.82) is 0 Å². The van der Waals surface area contributed by atoms with Gasteiger partial charge in [0.15, 0.2) is 5.82 Å². The molecular weight excluding hydrogens is 258 g/mol. The summed E-state index contributed by atoms with van der Waals surface area (Å²) in [5, 5.41) is 6.23. The molecule has 0 fully saturated rings. The zero-order valence-corrected chi connectivity index (χ0v) is 11.1. The molecule has 0 saturated heterocycles. The molecule has 3 aromatic rings. The van der Waals surface area contributed by atoms with Crippen molar-refractivity contribution < 1.29 is 9.32 Å². The number of carbonyl (C=O) groups is 1. The Bertz CT molecular complexity index is 745. The SMILES string of the molecule is CN(C)c1ccc2nc(C(=O)Nc3ccon3)cn2c1. The van der Waals surface area contributed by atoms with Crippen LogP contribution in [0.4, 0.5) is 11.5 Å². The Kier molecular flexibility index (Phi) is 2.86. The van der Waals surface area contributed by atoms with Gasteiger partial charge in [-0.1, -0.05) is 5.16 Å². The van der Waals surface area contributed by atoms with E-state index in [0.29, 0.717) is 17.2 Å². The molecule has 0 bridgehead atoms. The third kappa shape index (κ3) is 2.20. The van der Waals surface area contributed by atoms with Gasteiger partial charge in [0.1, 0.15) is 17.6 Å². The van der Waals surface area contributed by atoms with Gasteiger partial charge in [-0.15, -0.1) is 0 Å². The minimum Gasteiger partial charge on any atom is -0.376 e. The molecule has 20 heavy (non-hydrogen) atoms. The van der Waals surface area contributed by atoms with E-state index < -0.39 is 0 Å². The van der Waals surface area contributed by atoms with Crippen LogP contribution >= 0.6 is 0 Å². The largest absolute Gasteiger partial charge is 0.376 e. The fraction of sp³-hybridized carbons (Fsp3) is 0.154. The topological polar surface area (TPSA) is 75.7 Å². The van der Waals surface area contributed by atoms with E-state index in [9.17, 15) is 4.79 Å². The highest BCUT2D eigenvalue weighted by Gasteiger charge is 2.12. The van der Waals surface area contributed by atoms with Crippen molar-refractivity contribution in [2.24, 2.45) is 0 Å². The Morgan fingerprint density at radius 1 is 1.30 bits per heavy atom. The van der Waals surface area contributed by atoms with Crippen LogP contribution in [-0.2, 0) is 0 Å². The second-order valence-electron chi connectivity index (χ2n) is 4.51. The predicted molar refractivity (Wildman–Crippen MR) is 74.0 cm³/mol. The summed E-state index contributed by atoms with van der Waals surface area (Å²) in [6, 6.07) is 5.38. The average Bonchev–Trinajstić information content (AvgIpc) is 3.05. The lowest BCUT2D eigenvalue weighted by molar-refractivity contribution is 0.102. The van der Waals surface area contributed by atoms with Gasteiger partial charge in [-0.05, 0) is 12.1 Å². The fourth-order valence-corrected chi connectivity index (χ4v) is 1.81. The van der Waals surface area contributed by atoms with Crippen LogP contribution in [0.2, 0.25) is 0 Å². The maximum absolute atomic E-state index is 12.0. The summed E-state index contributed by atoms with van der Waals surface area (Å²) >= 11 is 0. The molecule has 3 rings (SSSR count). The third-order valence-electron chi connectivity index (χ3n) is 2.86. The Labute approximate surface area is 114 Å². The van der Waals surface area contributed by atoms with Crippen molar-refractivity contribution in [3.05, 3.63) is 42.5 Å². The lowest BCUT2D eigenvalue weighted by atomic mass is 10.4. The number of pyridine rings is 1. The Balaban J connectivity index is 1.90. The number of anilines is 2. The molecule has 0 saturated carbocycles. The normalized spacial score (nSPS) is 10.7. The molecule has 7 heteroatoms. The Morgan fingerprint density at radius 2 is 2.15 bits per heavy atom. The molecule has 0 unspecified atom stereocenters. The molecule has 102 valence electrons. The number of aromatic nitrogens is 3. The van der Waals surface area contributed by atoms with Crippen LogP contribution in [0.25, 0.3) is 5.65 Å². The number of rotatable bonds is 3. The number of fused-ring (bicyclic) bond motifs is 1. The monoisotopic (exact) mass is 271 g/mol. The number of carbonyl (C=O) groups excluding carboxylic acids is 1. The van der Waals surface area contributed by atoms with Crippen molar-refractivity contribution in [1.82, 2.24) is 14.5 Å². The van der Waals surface area contributed by atoms with Gasteiger partial charge in [0.25, 0.3) is 5.91 Å². The molecule has 0 aliphatic rings. The first kappa shape index (κ1) is 12.2. The molecule has 0 aliphatic heterocycles. The summed E-state index contributed by atoms with van der Waals surface area (Å²) in [4.78, 5) is 18.3. The van der Waals surface area contributed by atoms with Gasteiger partial charge in [-0.25, -0.2) is 4.98 Å². The van der Waals surface area contributed by atoms with Crippen LogP contribution in [0.15, 0.2) is 41.4 Å². The summed E-state index contributed by atoms with van der Waals surface area (Å²) in [6.07, 6.45) is 4.98. The smallest absolute Gasteiger partial charge is 0.277 e. The van der Waals surface area contributed by atoms with Crippen LogP contribution in [0.1, 0.15) is 10.5 Å². The van der Waals surface area contributed by atoms with E-state index in [0.717, 1.165) is 5.69 Å². The second kappa shape index (κ2) is 4.69. The maximum atomic E-state index is 12.0. The molecular formula is C13H13N5O2.